The van der Waals surface area contributed by atoms with Crippen molar-refractivity contribution in [3.05, 3.63) is 18.5 Å². The van der Waals surface area contributed by atoms with E-state index >= 15 is 0 Å². The summed E-state index contributed by atoms with van der Waals surface area (Å²) in [5, 5.41) is 7.08. The Hall–Kier alpha value is -0.780. The van der Waals surface area contributed by atoms with Crippen molar-refractivity contribution >= 4 is 30.7 Å². The Balaban J connectivity index is 0.00000180. The minimum atomic E-state index is -0.000256. The van der Waals surface area contributed by atoms with Gasteiger partial charge in [-0.2, -0.15) is 5.10 Å². The summed E-state index contributed by atoms with van der Waals surface area (Å²) in [6, 6.07) is 1.93. The standard InChI is InChI=1S/C13H22N4O.2ClH/c14-9-12(11-5-2-1-3-6-11)16-13(18)10-17-8-4-7-15-17;;/h4,7-8,11-12H,1-3,5-6,9-10,14H2,(H,16,18);2*1H. The van der Waals surface area contributed by atoms with Crippen molar-refractivity contribution in [3.63, 3.8) is 0 Å². The van der Waals surface area contributed by atoms with Crippen LogP contribution in [0.2, 0.25) is 0 Å². The number of rotatable bonds is 5. The maximum Gasteiger partial charge on any atom is 0.242 e. The fraction of sp³-hybridized carbons (Fsp3) is 0.692. The Kier molecular flexibility index (Phi) is 9.63. The molecule has 1 saturated carbocycles. The first-order valence-corrected chi connectivity index (χ1v) is 6.76. The first-order valence-electron chi connectivity index (χ1n) is 6.76. The molecule has 0 radical (unpaired) electrons. The van der Waals surface area contributed by atoms with Gasteiger partial charge in [0.15, 0.2) is 0 Å². The molecule has 7 heteroatoms. The van der Waals surface area contributed by atoms with Crippen molar-refractivity contribution < 1.29 is 4.79 Å². The minimum Gasteiger partial charge on any atom is -0.350 e. The summed E-state index contributed by atoms with van der Waals surface area (Å²) >= 11 is 0. The molecule has 1 aromatic heterocycles. The number of nitrogens with two attached hydrogens (primary N) is 1. The number of hydrogen-bond acceptors (Lipinski definition) is 3. The lowest BCUT2D eigenvalue weighted by Crippen LogP contribution is -2.47. The lowest BCUT2D eigenvalue weighted by atomic mass is 9.84. The second-order valence-corrected chi connectivity index (χ2v) is 5.01. The van der Waals surface area contributed by atoms with E-state index in [2.05, 4.69) is 10.4 Å². The number of carbonyl (C=O) groups excluding carboxylic acids is 1. The minimum absolute atomic E-state index is 0. The van der Waals surface area contributed by atoms with Gasteiger partial charge in [-0.15, -0.1) is 24.8 Å². The van der Waals surface area contributed by atoms with E-state index in [1.807, 2.05) is 6.07 Å². The monoisotopic (exact) mass is 322 g/mol. The number of amides is 1. The summed E-state index contributed by atoms with van der Waals surface area (Å²) in [7, 11) is 0. The molecule has 3 N–H and O–H groups in total. The van der Waals surface area contributed by atoms with Crippen molar-refractivity contribution in [2.45, 2.75) is 44.7 Å². The third-order valence-corrected chi connectivity index (χ3v) is 3.68. The highest BCUT2D eigenvalue weighted by Crippen LogP contribution is 2.26. The molecule has 1 amide bonds. The first-order chi connectivity index (χ1) is 8.79. The molecule has 20 heavy (non-hydrogen) atoms. The zero-order valence-electron chi connectivity index (χ0n) is 11.5. The Morgan fingerprint density at radius 2 is 2.05 bits per heavy atom. The number of halogens is 2. The molecule has 0 aliphatic heterocycles. The van der Waals surface area contributed by atoms with Crippen molar-refractivity contribution in [2.24, 2.45) is 11.7 Å². The molecule has 0 spiro atoms. The summed E-state index contributed by atoms with van der Waals surface area (Å²) in [6.07, 6.45) is 9.67. The van der Waals surface area contributed by atoms with Crippen molar-refractivity contribution in [1.82, 2.24) is 15.1 Å². The summed E-state index contributed by atoms with van der Waals surface area (Å²) in [5.41, 5.74) is 5.79. The highest BCUT2D eigenvalue weighted by molar-refractivity contribution is 5.85. The van der Waals surface area contributed by atoms with Gasteiger partial charge in [-0.05, 0) is 24.8 Å². The van der Waals surface area contributed by atoms with E-state index < -0.39 is 0 Å². The van der Waals surface area contributed by atoms with Crippen LogP contribution in [0.4, 0.5) is 0 Å². The lowest BCUT2D eigenvalue weighted by molar-refractivity contribution is -0.123. The van der Waals surface area contributed by atoms with E-state index in [-0.39, 0.29) is 43.3 Å². The van der Waals surface area contributed by atoms with Gasteiger partial charge >= 0.3 is 0 Å². The second-order valence-electron chi connectivity index (χ2n) is 5.01. The van der Waals surface area contributed by atoms with Gasteiger partial charge in [-0.1, -0.05) is 19.3 Å². The number of aromatic nitrogens is 2. The lowest BCUT2D eigenvalue weighted by Gasteiger charge is -2.30. The van der Waals surface area contributed by atoms with Gasteiger partial charge < -0.3 is 11.1 Å². The van der Waals surface area contributed by atoms with E-state index in [0.29, 0.717) is 12.5 Å². The first kappa shape index (κ1) is 19.2. The third-order valence-electron chi connectivity index (χ3n) is 3.68. The predicted molar refractivity (Wildman–Crippen MR) is 84.3 cm³/mol. The number of hydrogen-bond donors (Lipinski definition) is 2. The van der Waals surface area contributed by atoms with Gasteiger partial charge in [-0.25, -0.2) is 0 Å². The largest absolute Gasteiger partial charge is 0.350 e. The van der Waals surface area contributed by atoms with Crippen LogP contribution in [-0.2, 0) is 11.3 Å². The Morgan fingerprint density at radius 3 is 2.60 bits per heavy atom. The zero-order chi connectivity index (χ0) is 12.8. The van der Waals surface area contributed by atoms with E-state index in [1.165, 1.54) is 32.1 Å². The molecule has 1 aliphatic rings. The molecule has 1 heterocycles. The molecule has 1 fully saturated rings. The molecule has 1 atom stereocenters. The summed E-state index contributed by atoms with van der Waals surface area (Å²) in [5.74, 6) is 0.546. The molecule has 1 aliphatic carbocycles. The average molecular weight is 323 g/mol. The van der Waals surface area contributed by atoms with Crippen LogP contribution in [0, 0.1) is 5.92 Å². The molecule has 1 unspecified atom stereocenters. The van der Waals surface area contributed by atoms with Gasteiger partial charge in [-0.3, -0.25) is 9.48 Å². The number of nitrogens with one attached hydrogen (secondary N) is 1. The van der Waals surface area contributed by atoms with Gasteiger partial charge in [0.05, 0.1) is 0 Å². The number of carbonyl (C=O) groups is 1. The van der Waals surface area contributed by atoms with Crippen LogP contribution in [0.5, 0.6) is 0 Å². The van der Waals surface area contributed by atoms with Crippen LogP contribution in [0.15, 0.2) is 18.5 Å². The van der Waals surface area contributed by atoms with Crippen molar-refractivity contribution in [3.8, 4) is 0 Å². The topological polar surface area (TPSA) is 72.9 Å². The predicted octanol–water partition coefficient (Wildman–Crippen LogP) is 1.75. The smallest absolute Gasteiger partial charge is 0.242 e. The molecule has 0 bridgehead atoms. The van der Waals surface area contributed by atoms with Crippen LogP contribution in [0.25, 0.3) is 0 Å². The molecule has 1 aromatic rings. The maximum atomic E-state index is 11.9. The quantitative estimate of drug-likeness (QED) is 0.867. The summed E-state index contributed by atoms with van der Waals surface area (Å²) in [4.78, 5) is 11.9. The SMILES string of the molecule is Cl.Cl.NCC(NC(=O)Cn1cccn1)C1CCCCC1. The van der Waals surface area contributed by atoms with Crippen LogP contribution >= 0.6 is 24.8 Å². The van der Waals surface area contributed by atoms with Crippen LogP contribution < -0.4 is 11.1 Å². The zero-order valence-corrected chi connectivity index (χ0v) is 13.2. The van der Waals surface area contributed by atoms with Crippen LogP contribution in [-0.4, -0.2) is 28.3 Å². The van der Waals surface area contributed by atoms with E-state index in [9.17, 15) is 4.79 Å². The van der Waals surface area contributed by atoms with Crippen molar-refractivity contribution in [1.29, 1.82) is 0 Å². The van der Waals surface area contributed by atoms with E-state index in [4.69, 9.17) is 5.73 Å². The highest BCUT2D eigenvalue weighted by atomic mass is 35.5. The summed E-state index contributed by atoms with van der Waals surface area (Å²) < 4.78 is 1.63. The second kappa shape index (κ2) is 10.0. The fourth-order valence-electron chi connectivity index (χ4n) is 2.70. The fourth-order valence-corrected chi connectivity index (χ4v) is 2.70. The molecular weight excluding hydrogens is 299 g/mol. The molecule has 0 aromatic carbocycles. The molecule has 0 saturated heterocycles. The van der Waals surface area contributed by atoms with Crippen LogP contribution in [0.3, 0.4) is 0 Å². The van der Waals surface area contributed by atoms with Gasteiger partial charge in [0.25, 0.3) is 0 Å². The Morgan fingerprint density at radius 1 is 1.35 bits per heavy atom. The van der Waals surface area contributed by atoms with E-state index in [0.717, 1.165) is 0 Å². The van der Waals surface area contributed by atoms with Crippen molar-refractivity contribution in [2.75, 3.05) is 6.54 Å². The number of nitrogens with zero attached hydrogens (tertiary/aromatic N) is 2. The Labute approximate surface area is 132 Å². The average Bonchev–Trinajstić information content (AvgIpc) is 2.90. The van der Waals surface area contributed by atoms with Gasteiger partial charge in [0.2, 0.25) is 5.91 Å². The molecular formula is C13H24Cl2N4O. The van der Waals surface area contributed by atoms with Gasteiger partial charge in [0, 0.05) is 25.0 Å². The van der Waals surface area contributed by atoms with Crippen LogP contribution in [0.1, 0.15) is 32.1 Å². The Bertz CT molecular complexity index is 366. The summed E-state index contributed by atoms with van der Waals surface area (Å²) in [6.45, 7) is 0.797. The molecule has 5 nitrogen and oxygen atoms in total. The molecule has 2 rings (SSSR count). The van der Waals surface area contributed by atoms with Gasteiger partial charge in [0.1, 0.15) is 6.54 Å². The maximum absolute atomic E-state index is 11.9. The molecule has 116 valence electrons. The third kappa shape index (κ3) is 5.69. The normalized spacial score (nSPS) is 16.6. The van der Waals surface area contributed by atoms with E-state index in [1.54, 1.807) is 17.1 Å². The highest BCUT2D eigenvalue weighted by Gasteiger charge is 2.23.